The molecule has 0 fully saturated rings. The molecule has 0 saturated carbocycles. The predicted molar refractivity (Wildman–Crippen MR) is 94.1 cm³/mol. The van der Waals surface area contributed by atoms with Crippen LogP contribution in [-0.2, 0) is 12.1 Å². The van der Waals surface area contributed by atoms with Crippen molar-refractivity contribution < 1.29 is 13.9 Å². The summed E-state index contributed by atoms with van der Waals surface area (Å²) in [5.74, 6) is -1.59. The van der Waals surface area contributed by atoms with Crippen LogP contribution in [0.3, 0.4) is 0 Å². The fraction of sp³-hybridized carbons (Fsp3) is 0.235. The second kappa shape index (κ2) is 7.19. The Labute approximate surface area is 152 Å². The van der Waals surface area contributed by atoms with Gasteiger partial charge in [0.15, 0.2) is 0 Å². The standard InChI is InChI=1S/C17H15F2N5OS/c1-11-5-15(20-2)16(26-11)22-7-17(25,8-24-10-21-9-23-24)13-4-3-12(18)6-14(13)19/h3-6,9-10,22,25H,7-8H2,1H3. The first kappa shape index (κ1) is 18.0. The van der Waals surface area contributed by atoms with Crippen molar-refractivity contribution >= 4 is 22.0 Å². The second-order valence-corrected chi connectivity index (χ2v) is 7.04. The second-order valence-electron chi connectivity index (χ2n) is 5.79. The molecule has 0 aliphatic heterocycles. The summed E-state index contributed by atoms with van der Waals surface area (Å²) in [6, 6.07) is 4.75. The number of anilines is 1. The minimum atomic E-state index is -1.73. The van der Waals surface area contributed by atoms with Crippen LogP contribution in [0.4, 0.5) is 19.5 Å². The van der Waals surface area contributed by atoms with Crippen LogP contribution < -0.4 is 5.32 Å². The maximum atomic E-state index is 14.3. The van der Waals surface area contributed by atoms with Crippen molar-refractivity contribution in [1.29, 1.82) is 0 Å². The van der Waals surface area contributed by atoms with E-state index in [1.54, 1.807) is 6.07 Å². The summed E-state index contributed by atoms with van der Waals surface area (Å²) in [5.41, 5.74) is -1.38. The van der Waals surface area contributed by atoms with Crippen molar-refractivity contribution in [1.82, 2.24) is 14.8 Å². The van der Waals surface area contributed by atoms with Crippen LogP contribution in [0.2, 0.25) is 0 Å². The summed E-state index contributed by atoms with van der Waals surface area (Å²) in [7, 11) is 0. The van der Waals surface area contributed by atoms with Gasteiger partial charge in [0.25, 0.3) is 0 Å². The Morgan fingerprint density at radius 1 is 1.38 bits per heavy atom. The van der Waals surface area contributed by atoms with E-state index >= 15 is 0 Å². The highest BCUT2D eigenvalue weighted by Crippen LogP contribution is 2.36. The van der Waals surface area contributed by atoms with Gasteiger partial charge in [0.2, 0.25) is 5.69 Å². The molecule has 0 spiro atoms. The molecule has 1 aromatic carbocycles. The first-order valence-electron chi connectivity index (χ1n) is 7.63. The van der Waals surface area contributed by atoms with E-state index < -0.39 is 17.2 Å². The van der Waals surface area contributed by atoms with Crippen LogP contribution >= 0.6 is 11.3 Å². The number of nitrogens with one attached hydrogen (secondary N) is 1. The number of aliphatic hydroxyl groups is 1. The van der Waals surface area contributed by atoms with Crippen molar-refractivity contribution in [2.45, 2.75) is 19.1 Å². The molecular weight excluding hydrogens is 360 g/mol. The lowest BCUT2D eigenvalue weighted by molar-refractivity contribution is 0.0248. The van der Waals surface area contributed by atoms with E-state index in [1.807, 2.05) is 6.92 Å². The molecule has 3 rings (SSSR count). The van der Waals surface area contributed by atoms with Gasteiger partial charge in [0.1, 0.15) is 29.9 Å². The minimum absolute atomic E-state index is 0.0699. The van der Waals surface area contributed by atoms with Gasteiger partial charge in [-0.1, -0.05) is 6.07 Å². The van der Waals surface area contributed by atoms with Crippen molar-refractivity contribution in [2.24, 2.45) is 0 Å². The topological polar surface area (TPSA) is 67.3 Å². The molecule has 26 heavy (non-hydrogen) atoms. The molecule has 3 aromatic rings. The number of rotatable bonds is 6. The summed E-state index contributed by atoms with van der Waals surface area (Å²) in [6.45, 7) is 8.89. The van der Waals surface area contributed by atoms with Gasteiger partial charge >= 0.3 is 0 Å². The van der Waals surface area contributed by atoms with Gasteiger partial charge in [0.05, 0.1) is 18.1 Å². The van der Waals surface area contributed by atoms with Crippen LogP contribution in [-0.4, -0.2) is 26.4 Å². The fourth-order valence-corrected chi connectivity index (χ4v) is 3.47. The van der Waals surface area contributed by atoms with Crippen molar-refractivity contribution in [3.63, 3.8) is 0 Å². The average Bonchev–Trinajstić information content (AvgIpc) is 3.21. The van der Waals surface area contributed by atoms with Crippen LogP contribution in [0.25, 0.3) is 4.85 Å². The molecule has 0 amide bonds. The molecule has 9 heteroatoms. The number of hydrogen-bond donors (Lipinski definition) is 2. The Kier molecular flexibility index (Phi) is 4.97. The number of halogens is 2. The summed E-state index contributed by atoms with van der Waals surface area (Å²) < 4.78 is 29.0. The van der Waals surface area contributed by atoms with Crippen molar-refractivity contribution in [2.75, 3.05) is 11.9 Å². The van der Waals surface area contributed by atoms with E-state index in [0.717, 1.165) is 17.0 Å². The van der Waals surface area contributed by atoms with Gasteiger partial charge in [-0.15, -0.1) is 11.3 Å². The van der Waals surface area contributed by atoms with Gasteiger partial charge in [0, 0.05) is 18.2 Å². The number of hydrogen-bond acceptors (Lipinski definition) is 5. The lowest BCUT2D eigenvalue weighted by atomic mass is 9.93. The van der Waals surface area contributed by atoms with Crippen molar-refractivity contribution in [3.8, 4) is 0 Å². The molecule has 0 aliphatic carbocycles. The van der Waals surface area contributed by atoms with Gasteiger partial charge in [-0.2, -0.15) is 5.10 Å². The highest BCUT2D eigenvalue weighted by atomic mass is 32.1. The van der Waals surface area contributed by atoms with E-state index in [9.17, 15) is 13.9 Å². The molecule has 2 heterocycles. The first-order chi connectivity index (χ1) is 12.4. The van der Waals surface area contributed by atoms with E-state index in [0.29, 0.717) is 10.7 Å². The summed E-state index contributed by atoms with van der Waals surface area (Å²) >= 11 is 1.36. The van der Waals surface area contributed by atoms with Crippen LogP contribution in [0, 0.1) is 25.1 Å². The summed E-state index contributed by atoms with van der Waals surface area (Å²) in [6.07, 6.45) is 2.70. The van der Waals surface area contributed by atoms with Crippen LogP contribution in [0.1, 0.15) is 10.4 Å². The third-order valence-electron chi connectivity index (χ3n) is 3.82. The highest BCUT2D eigenvalue weighted by Gasteiger charge is 2.34. The predicted octanol–water partition coefficient (Wildman–Crippen LogP) is 3.48. The van der Waals surface area contributed by atoms with E-state index in [-0.39, 0.29) is 18.7 Å². The lowest BCUT2D eigenvalue weighted by Crippen LogP contribution is -2.39. The normalized spacial score (nSPS) is 13.2. The molecule has 0 aliphatic rings. The molecule has 2 aromatic heterocycles. The van der Waals surface area contributed by atoms with Gasteiger partial charge in [-0.05, 0) is 23.9 Å². The van der Waals surface area contributed by atoms with Crippen molar-refractivity contribution in [3.05, 3.63) is 70.4 Å². The molecule has 0 saturated heterocycles. The van der Waals surface area contributed by atoms with Gasteiger partial charge in [-0.3, -0.25) is 0 Å². The fourth-order valence-electron chi connectivity index (χ4n) is 2.62. The van der Waals surface area contributed by atoms with Crippen LogP contribution in [0.15, 0.2) is 36.9 Å². The number of aryl methyl sites for hydroxylation is 1. The third kappa shape index (κ3) is 3.71. The van der Waals surface area contributed by atoms with E-state index in [2.05, 4.69) is 20.2 Å². The highest BCUT2D eigenvalue weighted by molar-refractivity contribution is 7.16. The minimum Gasteiger partial charge on any atom is -0.382 e. The van der Waals surface area contributed by atoms with E-state index in [1.165, 1.54) is 34.7 Å². The molecule has 1 atom stereocenters. The summed E-state index contributed by atoms with van der Waals surface area (Å²) in [5, 5.41) is 18.7. The first-order valence-corrected chi connectivity index (χ1v) is 8.45. The zero-order chi connectivity index (χ0) is 18.7. The zero-order valence-corrected chi connectivity index (χ0v) is 14.6. The third-order valence-corrected chi connectivity index (χ3v) is 4.82. The maximum absolute atomic E-state index is 14.3. The maximum Gasteiger partial charge on any atom is 0.220 e. The number of aromatic nitrogens is 3. The molecule has 6 nitrogen and oxygen atoms in total. The average molecular weight is 375 g/mol. The zero-order valence-electron chi connectivity index (χ0n) is 13.8. The van der Waals surface area contributed by atoms with E-state index in [4.69, 9.17) is 6.57 Å². The quantitative estimate of drug-likeness (QED) is 0.648. The Morgan fingerprint density at radius 2 is 2.19 bits per heavy atom. The van der Waals surface area contributed by atoms with Gasteiger partial charge in [-0.25, -0.2) is 23.3 Å². The Morgan fingerprint density at radius 3 is 2.85 bits per heavy atom. The molecule has 134 valence electrons. The van der Waals surface area contributed by atoms with Crippen LogP contribution in [0.5, 0.6) is 0 Å². The molecule has 2 N–H and O–H groups in total. The lowest BCUT2D eigenvalue weighted by Gasteiger charge is -2.29. The number of nitrogens with zero attached hydrogens (tertiary/aromatic N) is 4. The van der Waals surface area contributed by atoms with Gasteiger partial charge < -0.3 is 10.4 Å². The number of thiophene rings is 1. The molecular formula is C17H15F2N5OS. The Bertz CT molecular complexity index is 951. The SMILES string of the molecule is [C-]#[N+]c1cc(C)sc1NCC(O)(Cn1cncn1)c1ccc(F)cc1F. The smallest absolute Gasteiger partial charge is 0.220 e. The Balaban J connectivity index is 1.93. The largest absolute Gasteiger partial charge is 0.382 e. The molecule has 0 radical (unpaired) electrons. The monoisotopic (exact) mass is 375 g/mol. The summed E-state index contributed by atoms with van der Waals surface area (Å²) in [4.78, 5) is 8.19. The number of benzene rings is 1. The molecule has 0 bridgehead atoms. The Hall–Kier alpha value is -2.83. The molecule has 1 unspecified atom stereocenters.